The number of hydrogen-bond donors (Lipinski definition) is 1. The molecule has 4 rings (SSSR count). The zero-order chi connectivity index (χ0) is 12.7. The number of nitrogens with zero attached hydrogens (tertiary/aromatic N) is 1. The number of hydrogen-bond acceptors (Lipinski definition) is 2. The summed E-state index contributed by atoms with van der Waals surface area (Å²) in [6.07, 6.45) is 0. The van der Waals surface area contributed by atoms with Gasteiger partial charge in [-0.15, -0.1) is 0 Å². The molecule has 1 fully saturated rings. The molecule has 2 aromatic rings. The monoisotopic (exact) mass is 250 g/mol. The summed E-state index contributed by atoms with van der Waals surface area (Å²) in [6.45, 7) is 3.29. The van der Waals surface area contributed by atoms with Crippen molar-refractivity contribution >= 4 is 0 Å². The van der Waals surface area contributed by atoms with E-state index in [1.165, 1.54) is 16.7 Å². The van der Waals surface area contributed by atoms with Crippen molar-refractivity contribution in [3.63, 3.8) is 0 Å². The van der Waals surface area contributed by atoms with Gasteiger partial charge in [0.15, 0.2) is 0 Å². The van der Waals surface area contributed by atoms with Crippen molar-refractivity contribution in [3.8, 4) is 0 Å². The number of fused-ring (bicyclic) bond motifs is 5. The lowest BCUT2D eigenvalue weighted by molar-refractivity contribution is 0.171. The average Bonchev–Trinajstić information content (AvgIpc) is 2.72. The zero-order valence-electron chi connectivity index (χ0n) is 10.9. The van der Waals surface area contributed by atoms with E-state index in [4.69, 9.17) is 0 Å². The highest BCUT2D eigenvalue weighted by molar-refractivity contribution is 5.39. The second-order valence-electron chi connectivity index (χ2n) is 5.58. The van der Waals surface area contributed by atoms with Gasteiger partial charge in [0.2, 0.25) is 0 Å². The van der Waals surface area contributed by atoms with Crippen molar-refractivity contribution in [2.45, 2.75) is 18.6 Å². The molecule has 0 unspecified atom stereocenters. The molecule has 0 spiro atoms. The van der Waals surface area contributed by atoms with Crippen LogP contribution in [0.25, 0.3) is 0 Å². The quantitative estimate of drug-likeness (QED) is 0.881. The molecule has 0 aliphatic carbocycles. The molecule has 19 heavy (non-hydrogen) atoms. The topological polar surface area (TPSA) is 15.3 Å². The second kappa shape index (κ2) is 4.48. The zero-order valence-corrected chi connectivity index (χ0v) is 10.9. The normalized spacial score (nSPS) is 25.3. The largest absolute Gasteiger partial charge is 0.301 e. The highest BCUT2D eigenvalue weighted by Crippen LogP contribution is 2.37. The lowest BCUT2D eigenvalue weighted by atomic mass is 10.0. The molecule has 2 nitrogen and oxygen atoms in total. The first kappa shape index (κ1) is 11.2. The Balaban J connectivity index is 1.55. The van der Waals surface area contributed by atoms with Crippen molar-refractivity contribution in [1.29, 1.82) is 0 Å². The highest BCUT2D eigenvalue weighted by atomic mass is 15.2. The molecule has 2 bridgehead atoms. The maximum atomic E-state index is 3.73. The molecular formula is C17H18N2. The van der Waals surface area contributed by atoms with Gasteiger partial charge in [-0.25, -0.2) is 0 Å². The minimum absolute atomic E-state index is 0.513. The number of rotatable bonds is 2. The molecule has 1 saturated heterocycles. The molecule has 0 aromatic heterocycles. The van der Waals surface area contributed by atoms with Gasteiger partial charge in [0.1, 0.15) is 0 Å². The van der Waals surface area contributed by atoms with Gasteiger partial charge in [-0.05, 0) is 16.7 Å². The Hall–Kier alpha value is -1.64. The van der Waals surface area contributed by atoms with Crippen LogP contribution in [0.4, 0.5) is 0 Å². The first-order valence-electron chi connectivity index (χ1n) is 7.01. The first-order valence-corrected chi connectivity index (χ1v) is 7.01. The molecule has 2 heterocycles. The van der Waals surface area contributed by atoms with Crippen LogP contribution >= 0.6 is 0 Å². The molecular weight excluding hydrogens is 232 g/mol. The van der Waals surface area contributed by atoms with E-state index in [1.54, 1.807) is 0 Å². The van der Waals surface area contributed by atoms with Gasteiger partial charge in [-0.2, -0.15) is 0 Å². The molecule has 0 saturated carbocycles. The Morgan fingerprint density at radius 2 is 1.42 bits per heavy atom. The smallest absolute Gasteiger partial charge is 0.0457 e. The number of nitrogens with one attached hydrogen (secondary N) is 1. The fourth-order valence-electron chi connectivity index (χ4n) is 3.43. The molecule has 2 heteroatoms. The first-order chi connectivity index (χ1) is 9.40. The van der Waals surface area contributed by atoms with Crippen LogP contribution in [-0.2, 0) is 6.54 Å². The number of benzene rings is 2. The Morgan fingerprint density at radius 1 is 0.842 bits per heavy atom. The third kappa shape index (κ3) is 1.97. The van der Waals surface area contributed by atoms with Gasteiger partial charge in [-0.1, -0.05) is 54.6 Å². The van der Waals surface area contributed by atoms with Gasteiger partial charge in [0.25, 0.3) is 0 Å². The van der Waals surface area contributed by atoms with Crippen LogP contribution in [0.15, 0.2) is 54.6 Å². The average molecular weight is 250 g/mol. The summed E-state index contributed by atoms with van der Waals surface area (Å²) in [4.78, 5) is 2.57. The van der Waals surface area contributed by atoms with Crippen molar-refractivity contribution in [1.82, 2.24) is 10.2 Å². The molecule has 2 aliphatic heterocycles. The van der Waals surface area contributed by atoms with E-state index in [0.29, 0.717) is 12.1 Å². The van der Waals surface area contributed by atoms with Crippen molar-refractivity contribution < 1.29 is 0 Å². The predicted octanol–water partition coefficient (Wildman–Crippen LogP) is 2.89. The summed E-state index contributed by atoms with van der Waals surface area (Å²) in [5.41, 5.74) is 4.42. The van der Waals surface area contributed by atoms with E-state index in [0.717, 1.165) is 19.6 Å². The third-order valence-electron chi connectivity index (χ3n) is 4.28. The van der Waals surface area contributed by atoms with Gasteiger partial charge >= 0.3 is 0 Å². The molecule has 2 aliphatic rings. The maximum Gasteiger partial charge on any atom is 0.0457 e. The standard InChI is InChI=1S/C17H18N2/c1-2-6-13(7-3-1)10-19-11-16-14-8-4-5-9-15(14)17(12-19)18-16/h1-9,16-18H,10-12H2/t16-,17+. The molecule has 0 amide bonds. The Kier molecular flexibility index (Phi) is 2.64. The second-order valence-corrected chi connectivity index (χ2v) is 5.58. The van der Waals surface area contributed by atoms with E-state index in [-0.39, 0.29) is 0 Å². The minimum Gasteiger partial charge on any atom is -0.301 e. The minimum atomic E-state index is 0.513. The van der Waals surface area contributed by atoms with Crippen molar-refractivity contribution in [3.05, 3.63) is 71.3 Å². The summed E-state index contributed by atoms with van der Waals surface area (Å²) >= 11 is 0. The van der Waals surface area contributed by atoms with Gasteiger partial charge in [0.05, 0.1) is 0 Å². The van der Waals surface area contributed by atoms with E-state index in [1.807, 2.05) is 0 Å². The summed E-state index contributed by atoms with van der Waals surface area (Å²) in [6, 6.07) is 20.7. The summed E-state index contributed by atoms with van der Waals surface area (Å²) in [5.74, 6) is 0. The lowest BCUT2D eigenvalue weighted by Gasteiger charge is -2.33. The van der Waals surface area contributed by atoms with Gasteiger partial charge in [-0.3, -0.25) is 4.90 Å². The van der Waals surface area contributed by atoms with Gasteiger partial charge < -0.3 is 5.32 Å². The Morgan fingerprint density at radius 3 is 2.05 bits per heavy atom. The molecule has 2 atom stereocenters. The van der Waals surface area contributed by atoms with E-state index in [2.05, 4.69) is 64.8 Å². The molecule has 1 N–H and O–H groups in total. The predicted molar refractivity (Wildman–Crippen MR) is 76.8 cm³/mol. The Bertz CT molecular complexity index is 548. The third-order valence-corrected chi connectivity index (χ3v) is 4.28. The van der Waals surface area contributed by atoms with Crippen LogP contribution in [-0.4, -0.2) is 18.0 Å². The Labute approximate surface area is 114 Å². The van der Waals surface area contributed by atoms with E-state index >= 15 is 0 Å². The summed E-state index contributed by atoms with van der Waals surface area (Å²) < 4.78 is 0. The van der Waals surface area contributed by atoms with Crippen molar-refractivity contribution in [2.24, 2.45) is 0 Å². The lowest BCUT2D eigenvalue weighted by Crippen LogP contribution is -2.42. The molecule has 0 radical (unpaired) electrons. The molecule has 2 aromatic carbocycles. The molecule has 96 valence electrons. The highest BCUT2D eigenvalue weighted by Gasteiger charge is 2.36. The van der Waals surface area contributed by atoms with Crippen LogP contribution in [0.5, 0.6) is 0 Å². The van der Waals surface area contributed by atoms with Crippen molar-refractivity contribution in [2.75, 3.05) is 13.1 Å². The van der Waals surface area contributed by atoms with E-state index in [9.17, 15) is 0 Å². The maximum absolute atomic E-state index is 3.73. The van der Waals surface area contributed by atoms with Crippen LogP contribution in [0.2, 0.25) is 0 Å². The number of piperazine rings is 1. The SMILES string of the molecule is c1ccc(CN2C[C@@H]3N[C@H](C2)c2ccccc23)cc1. The van der Waals surface area contributed by atoms with Crippen LogP contribution in [0.3, 0.4) is 0 Å². The van der Waals surface area contributed by atoms with Crippen LogP contribution in [0.1, 0.15) is 28.8 Å². The van der Waals surface area contributed by atoms with E-state index < -0.39 is 0 Å². The summed E-state index contributed by atoms with van der Waals surface area (Å²) in [7, 11) is 0. The fraction of sp³-hybridized carbons (Fsp3) is 0.294. The summed E-state index contributed by atoms with van der Waals surface area (Å²) in [5, 5.41) is 3.73. The fourth-order valence-corrected chi connectivity index (χ4v) is 3.43. The van der Waals surface area contributed by atoms with Crippen LogP contribution < -0.4 is 5.32 Å². The van der Waals surface area contributed by atoms with Gasteiger partial charge in [0, 0.05) is 31.7 Å². The van der Waals surface area contributed by atoms with Crippen LogP contribution in [0, 0.1) is 0 Å².